The molecule has 3 aromatic carbocycles. The number of piperazine rings is 1. The monoisotopic (exact) mass is 823 g/mol. The summed E-state index contributed by atoms with van der Waals surface area (Å²) in [6, 6.07) is 16.0. The summed E-state index contributed by atoms with van der Waals surface area (Å²) in [6.07, 6.45) is 4.21. The number of aliphatic imine (C=N–C) groups is 1. The van der Waals surface area contributed by atoms with Gasteiger partial charge in [-0.15, -0.1) is 0 Å². The first-order valence-corrected chi connectivity index (χ1v) is 22.4. The first kappa shape index (κ1) is 39.8. The fourth-order valence-corrected chi connectivity index (χ4v) is 10.1. The van der Waals surface area contributed by atoms with E-state index in [4.69, 9.17) is 44.5 Å². The van der Waals surface area contributed by atoms with Crippen LogP contribution in [0.3, 0.4) is 0 Å². The molecule has 2 atom stereocenters. The topological polar surface area (TPSA) is 120 Å². The molecule has 0 spiro atoms. The molecule has 0 unspecified atom stereocenters. The second-order valence-electron chi connectivity index (χ2n) is 13.6. The van der Waals surface area contributed by atoms with E-state index in [1.165, 1.54) is 22.7 Å². The molecular weight excluding hydrogens is 781 g/mol. The number of benzene rings is 3. The van der Waals surface area contributed by atoms with Crippen LogP contribution in [0.1, 0.15) is 61.4 Å². The third kappa shape index (κ3) is 9.15. The molecular formula is C37H44Cl3N5O6S2. The van der Waals surface area contributed by atoms with Crippen LogP contribution in [0.5, 0.6) is 5.75 Å². The standard InChI is InChI=1S/C37H44Cl3N5O6S2/c1-3-51-32-25-31(40)33(53(49,50)44-17-5-4-6-18-44)24-30(32)36-41-34(26-8-12-28(38)13-9-26)35(27-10-14-29(39)15-11-27)45(36)37(46)43-21-19-42(20-22-43)16-7-23-52(2,47)48/h8-15,24-25,34-35H,3-7,16-23H2,1-2H3/t34-,35+/m0/s1. The molecule has 0 aliphatic carbocycles. The van der Waals surface area contributed by atoms with E-state index in [2.05, 4.69) is 4.90 Å². The van der Waals surface area contributed by atoms with E-state index >= 15 is 4.79 Å². The molecule has 0 N–H and O–H groups in total. The van der Waals surface area contributed by atoms with Crippen LogP contribution in [0, 0.1) is 0 Å². The smallest absolute Gasteiger partial charge is 0.326 e. The largest absolute Gasteiger partial charge is 0.493 e. The Kier molecular flexibility index (Phi) is 12.6. The normalized spacial score (nSPS) is 20.4. The van der Waals surface area contributed by atoms with Crippen molar-refractivity contribution in [3.63, 3.8) is 0 Å². The Morgan fingerprint density at radius 2 is 1.43 bits per heavy atom. The molecule has 11 nitrogen and oxygen atoms in total. The van der Waals surface area contributed by atoms with Gasteiger partial charge in [0.15, 0.2) is 0 Å². The van der Waals surface area contributed by atoms with E-state index in [1.807, 2.05) is 31.2 Å². The number of urea groups is 1. The van der Waals surface area contributed by atoms with E-state index in [1.54, 1.807) is 34.1 Å². The van der Waals surface area contributed by atoms with Gasteiger partial charge in [0, 0.05) is 61.6 Å². The van der Waals surface area contributed by atoms with Crippen LogP contribution < -0.4 is 4.74 Å². The third-order valence-electron chi connectivity index (χ3n) is 9.84. The van der Waals surface area contributed by atoms with Gasteiger partial charge in [-0.1, -0.05) is 65.5 Å². The molecule has 2 fully saturated rings. The van der Waals surface area contributed by atoms with Gasteiger partial charge >= 0.3 is 6.03 Å². The van der Waals surface area contributed by atoms with Crippen molar-refractivity contribution >= 4 is 66.5 Å². The number of sulfonamides is 1. The van der Waals surface area contributed by atoms with Crippen LogP contribution in [0.25, 0.3) is 0 Å². The van der Waals surface area contributed by atoms with E-state index < -0.39 is 31.9 Å². The predicted octanol–water partition coefficient (Wildman–Crippen LogP) is 6.94. The van der Waals surface area contributed by atoms with Crippen molar-refractivity contribution in [3.8, 4) is 5.75 Å². The summed E-state index contributed by atoms with van der Waals surface area (Å²) in [4.78, 5) is 25.7. The fourth-order valence-electron chi connectivity index (χ4n) is 7.15. The number of carbonyl (C=O) groups is 1. The van der Waals surface area contributed by atoms with Crippen LogP contribution in [-0.4, -0.2) is 112 Å². The molecule has 0 saturated carbocycles. The van der Waals surface area contributed by atoms with Crippen LogP contribution in [0.4, 0.5) is 4.79 Å². The molecule has 0 bridgehead atoms. The number of carbonyl (C=O) groups excluding carboxylic acids is 1. The molecule has 0 radical (unpaired) electrons. The van der Waals surface area contributed by atoms with Crippen LogP contribution in [0.15, 0.2) is 70.6 Å². The lowest BCUT2D eigenvalue weighted by molar-refractivity contribution is 0.119. The van der Waals surface area contributed by atoms with Gasteiger partial charge < -0.3 is 9.64 Å². The molecule has 3 aliphatic rings. The van der Waals surface area contributed by atoms with Crippen molar-refractivity contribution in [1.82, 2.24) is 19.0 Å². The van der Waals surface area contributed by atoms with Crippen LogP contribution in [-0.2, 0) is 19.9 Å². The van der Waals surface area contributed by atoms with Crippen molar-refractivity contribution < 1.29 is 26.4 Å². The quantitative estimate of drug-likeness (QED) is 0.206. The molecule has 286 valence electrons. The Morgan fingerprint density at radius 1 is 0.830 bits per heavy atom. The highest BCUT2D eigenvalue weighted by molar-refractivity contribution is 7.90. The maximum absolute atomic E-state index is 15.0. The average Bonchev–Trinajstić information content (AvgIpc) is 3.52. The molecule has 53 heavy (non-hydrogen) atoms. The van der Waals surface area contributed by atoms with Gasteiger partial charge in [0.25, 0.3) is 0 Å². The highest BCUT2D eigenvalue weighted by atomic mass is 35.5. The maximum atomic E-state index is 15.0. The summed E-state index contributed by atoms with van der Waals surface area (Å²) < 4.78 is 59.2. The Labute approximate surface area is 327 Å². The molecule has 3 heterocycles. The Morgan fingerprint density at radius 3 is 2.02 bits per heavy atom. The zero-order valence-corrected chi connectivity index (χ0v) is 33.7. The molecule has 3 aromatic rings. The molecule has 6 rings (SSSR count). The van der Waals surface area contributed by atoms with Gasteiger partial charge in [-0.2, -0.15) is 4.31 Å². The molecule has 2 saturated heterocycles. The first-order chi connectivity index (χ1) is 25.3. The van der Waals surface area contributed by atoms with Gasteiger partial charge in [-0.25, -0.2) is 21.6 Å². The minimum Gasteiger partial charge on any atom is -0.493 e. The van der Waals surface area contributed by atoms with E-state index in [0.717, 1.165) is 30.4 Å². The summed E-state index contributed by atoms with van der Waals surface area (Å²) >= 11 is 19.4. The minimum atomic E-state index is -3.99. The molecule has 16 heteroatoms. The van der Waals surface area contributed by atoms with Gasteiger partial charge in [-0.3, -0.25) is 14.8 Å². The number of amidine groups is 1. The highest BCUT2D eigenvalue weighted by Crippen LogP contribution is 2.46. The number of rotatable bonds is 11. The first-order valence-electron chi connectivity index (χ1n) is 17.8. The summed E-state index contributed by atoms with van der Waals surface area (Å²) in [5.41, 5.74) is 1.90. The number of sulfone groups is 1. The van der Waals surface area contributed by atoms with Crippen LogP contribution >= 0.6 is 34.8 Å². The van der Waals surface area contributed by atoms with E-state index in [0.29, 0.717) is 73.6 Å². The number of amides is 2. The molecule has 0 aromatic heterocycles. The lowest BCUT2D eigenvalue weighted by atomic mass is 9.93. The highest BCUT2D eigenvalue weighted by Gasteiger charge is 2.45. The summed E-state index contributed by atoms with van der Waals surface area (Å²) in [6.45, 7) is 5.38. The van der Waals surface area contributed by atoms with Crippen molar-refractivity contribution in [2.75, 3.05) is 64.4 Å². The second kappa shape index (κ2) is 16.8. The average molecular weight is 825 g/mol. The number of halogens is 3. The molecule has 2 amide bonds. The Balaban J connectivity index is 1.46. The zero-order chi connectivity index (χ0) is 37.9. The lowest BCUT2D eigenvalue weighted by Gasteiger charge is -2.39. The van der Waals surface area contributed by atoms with E-state index in [9.17, 15) is 16.8 Å². The Bertz CT molecular complexity index is 2040. The number of piperidine rings is 1. The fraction of sp³-hybridized carbons (Fsp3) is 0.459. The van der Waals surface area contributed by atoms with Crippen molar-refractivity contribution in [2.24, 2.45) is 4.99 Å². The minimum absolute atomic E-state index is 0.0229. The summed E-state index contributed by atoms with van der Waals surface area (Å²) in [5.74, 6) is 0.655. The van der Waals surface area contributed by atoms with Gasteiger partial charge in [0.05, 0.1) is 29.0 Å². The zero-order valence-electron chi connectivity index (χ0n) is 29.8. The van der Waals surface area contributed by atoms with Crippen molar-refractivity contribution in [1.29, 1.82) is 0 Å². The third-order valence-corrected chi connectivity index (χ3v) is 13.7. The van der Waals surface area contributed by atoms with Crippen LogP contribution in [0.2, 0.25) is 15.1 Å². The molecule has 3 aliphatic heterocycles. The van der Waals surface area contributed by atoms with Gasteiger partial charge in [-0.05, 0) is 74.2 Å². The van der Waals surface area contributed by atoms with Crippen molar-refractivity contribution in [3.05, 3.63) is 92.4 Å². The summed E-state index contributed by atoms with van der Waals surface area (Å²) in [5, 5.41) is 1.10. The Hall–Kier alpha value is -2.91. The lowest BCUT2D eigenvalue weighted by Crippen LogP contribution is -2.54. The number of hydrogen-bond donors (Lipinski definition) is 0. The maximum Gasteiger partial charge on any atom is 0.326 e. The number of nitrogens with zero attached hydrogens (tertiary/aromatic N) is 5. The van der Waals surface area contributed by atoms with Gasteiger partial charge in [0.2, 0.25) is 10.0 Å². The number of hydrogen-bond acceptors (Lipinski definition) is 8. The summed E-state index contributed by atoms with van der Waals surface area (Å²) in [7, 11) is -7.07. The predicted molar refractivity (Wildman–Crippen MR) is 210 cm³/mol. The SMILES string of the molecule is CCOc1cc(Cl)c(S(=O)(=O)N2CCCCC2)cc1C1=N[C@@H](c2ccc(Cl)cc2)[C@@H](c2ccc(Cl)cc2)N1C(=O)N1CCN(CCCS(C)(=O)=O)CC1. The second-order valence-corrected chi connectivity index (χ2v) is 19.0. The van der Waals surface area contributed by atoms with Crippen molar-refractivity contribution in [2.45, 2.75) is 49.6 Å². The number of ether oxygens (including phenoxy) is 1. The van der Waals surface area contributed by atoms with Gasteiger partial charge in [0.1, 0.15) is 32.4 Å². The van der Waals surface area contributed by atoms with E-state index in [-0.39, 0.29) is 34.1 Å².